The van der Waals surface area contributed by atoms with Crippen LogP contribution in [0.1, 0.15) is 11.3 Å². The van der Waals surface area contributed by atoms with Crippen LogP contribution in [-0.2, 0) is 6.54 Å². The lowest BCUT2D eigenvalue weighted by Gasteiger charge is -2.08. The van der Waals surface area contributed by atoms with Crippen LogP contribution in [0.2, 0.25) is 0 Å². The molecule has 2 rings (SSSR count). The van der Waals surface area contributed by atoms with E-state index in [1.807, 2.05) is 50.4 Å². The number of hydrogen-bond donors (Lipinski definition) is 1. The van der Waals surface area contributed by atoms with Gasteiger partial charge in [0.2, 0.25) is 0 Å². The van der Waals surface area contributed by atoms with E-state index in [2.05, 4.69) is 10.3 Å². The Balaban J connectivity index is 2.11. The molecule has 0 unspecified atom stereocenters. The molecule has 3 nitrogen and oxygen atoms in total. The first kappa shape index (κ1) is 11.6. The molecule has 0 amide bonds. The van der Waals surface area contributed by atoms with Gasteiger partial charge in [-0.05, 0) is 37.7 Å². The van der Waals surface area contributed by atoms with Crippen molar-refractivity contribution in [2.45, 2.75) is 13.5 Å². The number of para-hydroxylation sites is 1. The van der Waals surface area contributed by atoms with Gasteiger partial charge >= 0.3 is 0 Å². The van der Waals surface area contributed by atoms with Crippen molar-refractivity contribution in [1.29, 1.82) is 0 Å². The molecule has 3 heteroatoms. The normalized spacial score (nSPS) is 10.2. The van der Waals surface area contributed by atoms with Crippen LogP contribution >= 0.6 is 0 Å². The predicted molar refractivity (Wildman–Crippen MR) is 68.3 cm³/mol. The van der Waals surface area contributed by atoms with E-state index >= 15 is 0 Å². The number of pyridine rings is 1. The molecule has 0 bridgehead atoms. The maximum Gasteiger partial charge on any atom is 0.145 e. The highest BCUT2D eigenvalue weighted by atomic mass is 16.5. The fourth-order valence-corrected chi connectivity index (χ4v) is 1.55. The van der Waals surface area contributed by atoms with Crippen molar-refractivity contribution in [3.05, 3.63) is 53.9 Å². The molecule has 1 N–H and O–H groups in total. The van der Waals surface area contributed by atoms with Crippen molar-refractivity contribution in [2.75, 3.05) is 7.05 Å². The largest absolute Gasteiger partial charge is 0.455 e. The van der Waals surface area contributed by atoms with Gasteiger partial charge in [-0.2, -0.15) is 0 Å². The molecular formula is C14H16N2O. The molecule has 0 spiro atoms. The second-order valence-electron chi connectivity index (χ2n) is 3.88. The van der Waals surface area contributed by atoms with Crippen LogP contribution in [0.5, 0.6) is 11.5 Å². The summed E-state index contributed by atoms with van der Waals surface area (Å²) < 4.78 is 5.76. The Labute approximate surface area is 101 Å². The summed E-state index contributed by atoms with van der Waals surface area (Å²) >= 11 is 0. The van der Waals surface area contributed by atoms with Gasteiger partial charge in [0.1, 0.15) is 11.5 Å². The molecule has 0 radical (unpaired) electrons. The van der Waals surface area contributed by atoms with Crippen LogP contribution in [-0.4, -0.2) is 12.0 Å². The third-order valence-electron chi connectivity index (χ3n) is 2.48. The Morgan fingerprint density at radius 1 is 1.18 bits per heavy atom. The molecule has 88 valence electrons. The monoisotopic (exact) mass is 228 g/mol. The summed E-state index contributed by atoms with van der Waals surface area (Å²) in [4.78, 5) is 4.31. The molecule has 0 atom stereocenters. The molecule has 0 aliphatic carbocycles. The van der Waals surface area contributed by atoms with Crippen molar-refractivity contribution in [3.63, 3.8) is 0 Å². The zero-order chi connectivity index (χ0) is 12.1. The van der Waals surface area contributed by atoms with Crippen LogP contribution in [0, 0.1) is 6.92 Å². The van der Waals surface area contributed by atoms with Gasteiger partial charge in [0.05, 0.1) is 11.9 Å². The number of aryl methyl sites for hydroxylation is 1. The average molecular weight is 228 g/mol. The van der Waals surface area contributed by atoms with Crippen LogP contribution in [0.25, 0.3) is 0 Å². The highest BCUT2D eigenvalue weighted by molar-refractivity contribution is 5.36. The van der Waals surface area contributed by atoms with E-state index in [1.165, 1.54) is 0 Å². The van der Waals surface area contributed by atoms with Gasteiger partial charge in [0.15, 0.2) is 0 Å². The summed E-state index contributed by atoms with van der Waals surface area (Å²) in [5.41, 5.74) is 2.12. The molecule has 0 saturated carbocycles. The minimum absolute atomic E-state index is 0.763. The molecule has 0 saturated heterocycles. The van der Waals surface area contributed by atoms with Crippen molar-refractivity contribution in [3.8, 4) is 11.5 Å². The zero-order valence-electron chi connectivity index (χ0n) is 10.1. The maximum atomic E-state index is 5.76. The van der Waals surface area contributed by atoms with Gasteiger partial charge in [-0.15, -0.1) is 0 Å². The van der Waals surface area contributed by atoms with Gasteiger partial charge in [0, 0.05) is 6.54 Å². The average Bonchev–Trinajstić information content (AvgIpc) is 2.35. The minimum atomic E-state index is 0.763. The molecular weight excluding hydrogens is 212 g/mol. The summed E-state index contributed by atoms with van der Waals surface area (Å²) in [5, 5.41) is 3.06. The Kier molecular flexibility index (Phi) is 3.73. The second kappa shape index (κ2) is 5.46. The quantitative estimate of drug-likeness (QED) is 0.873. The summed E-state index contributed by atoms with van der Waals surface area (Å²) in [6, 6.07) is 11.8. The smallest absolute Gasteiger partial charge is 0.145 e. The number of ether oxygens (including phenoxy) is 1. The lowest BCUT2D eigenvalue weighted by Crippen LogP contribution is -2.06. The number of aromatic nitrogens is 1. The van der Waals surface area contributed by atoms with E-state index < -0.39 is 0 Å². The third kappa shape index (κ3) is 3.04. The fraction of sp³-hybridized carbons (Fsp3) is 0.214. The van der Waals surface area contributed by atoms with Crippen molar-refractivity contribution >= 4 is 0 Å². The highest BCUT2D eigenvalue weighted by Gasteiger charge is 2.00. The lowest BCUT2D eigenvalue weighted by molar-refractivity contribution is 0.476. The van der Waals surface area contributed by atoms with Gasteiger partial charge < -0.3 is 10.1 Å². The van der Waals surface area contributed by atoms with Gasteiger partial charge in [-0.25, -0.2) is 0 Å². The second-order valence-corrected chi connectivity index (χ2v) is 3.88. The lowest BCUT2D eigenvalue weighted by atomic mass is 10.2. The van der Waals surface area contributed by atoms with E-state index in [0.29, 0.717) is 0 Å². The number of rotatable bonds is 4. The first-order chi connectivity index (χ1) is 8.29. The third-order valence-corrected chi connectivity index (χ3v) is 2.48. The van der Waals surface area contributed by atoms with Crippen LogP contribution in [0.3, 0.4) is 0 Å². The standard InChI is InChI=1S/C14H16N2O/c1-11-5-3-4-6-14(11)17-13-8-7-12(9-15-2)16-10-13/h3-8,10,15H,9H2,1-2H3. The Morgan fingerprint density at radius 3 is 2.65 bits per heavy atom. The molecule has 17 heavy (non-hydrogen) atoms. The van der Waals surface area contributed by atoms with Gasteiger partial charge in [0.25, 0.3) is 0 Å². The molecule has 0 aliphatic heterocycles. The van der Waals surface area contributed by atoms with E-state index in [9.17, 15) is 0 Å². The van der Waals surface area contributed by atoms with E-state index in [4.69, 9.17) is 4.74 Å². The van der Waals surface area contributed by atoms with E-state index in [-0.39, 0.29) is 0 Å². The number of nitrogens with zero attached hydrogens (tertiary/aromatic N) is 1. The van der Waals surface area contributed by atoms with Gasteiger partial charge in [-0.3, -0.25) is 4.98 Å². The summed E-state index contributed by atoms with van der Waals surface area (Å²) in [7, 11) is 1.90. The number of hydrogen-bond acceptors (Lipinski definition) is 3. The van der Waals surface area contributed by atoms with Crippen LogP contribution in [0.4, 0.5) is 0 Å². The summed E-state index contributed by atoms with van der Waals surface area (Å²) in [5.74, 6) is 1.63. The zero-order valence-corrected chi connectivity index (χ0v) is 10.1. The molecule has 0 aliphatic rings. The van der Waals surface area contributed by atoms with E-state index in [0.717, 1.165) is 29.3 Å². The Hall–Kier alpha value is -1.87. The predicted octanol–water partition coefficient (Wildman–Crippen LogP) is 2.90. The molecule has 1 aromatic carbocycles. The molecule has 1 heterocycles. The first-order valence-electron chi connectivity index (χ1n) is 5.62. The minimum Gasteiger partial charge on any atom is -0.455 e. The topological polar surface area (TPSA) is 34.1 Å². The van der Waals surface area contributed by atoms with Gasteiger partial charge in [-0.1, -0.05) is 18.2 Å². The summed E-state index contributed by atoms with van der Waals surface area (Å²) in [6.07, 6.45) is 1.75. The Morgan fingerprint density at radius 2 is 2.00 bits per heavy atom. The maximum absolute atomic E-state index is 5.76. The van der Waals surface area contributed by atoms with Crippen molar-refractivity contribution < 1.29 is 4.74 Å². The van der Waals surface area contributed by atoms with Crippen LogP contribution < -0.4 is 10.1 Å². The van der Waals surface area contributed by atoms with Crippen molar-refractivity contribution in [2.24, 2.45) is 0 Å². The first-order valence-corrected chi connectivity index (χ1v) is 5.62. The van der Waals surface area contributed by atoms with Crippen molar-refractivity contribution in [1.82, 2.24) is 10.3 Å². The molecule has 0 fully saturated rings. The molecule has 1 aromatic heterocycles. The summed E-state index contributed by atoms with van der Waals surface area (Å²) in [6.45, 7) is 2.79. The SMILES string of the molecule is CNCc1ccc(Oc2ccccc2C)cn1. The molecule has 2 aromatic rings. The Bertz CT molecular complexity index is 480. The fourth-order valence-electron chi connectivity index (χ4n) is 1.55. The number of benzene rings is 1. The van der Waals surface area contributed by atoms with E-state index in [1.54, 1.807) is 6.20 Å². The number of nitrogens with one attached hydrogen (secondary N) is 1. The van der Waals surface area contributed by atoms with Crippen LogP contribution in [0.15, 0.2) is 42.6 Å². The highest BCUT2D eigenvalue weighted by Crippen LogP contribution is 2.23.